The molecule has 1 aliphatic heterocycles. The molecule has 0 saturated carbocycles. The number of halogens is 1. The molecule has 0 bridgehead atoms. The third-order valence-corrected chi connectivity index (χ3v) is 5.75. The van der Waals surface area contributed by atoms with Crippen LogP contribution in [0.4, 0.5) is 11.6 Å². The van der Waals surface area contributed by atoms with Crippen LogP contribution in [0.2, 0.25) is 0 Å². The summed E-state index contributed by atoms with van der Waals surface area (Å²) in [4.78, 5) is 31.0. The SMILES string of the molecule is O=C(c1[nH]c2ncnc(Nc3cc4cn[nH]c4cn3)c2c1Br)N1CCCCC1. The zero-order valence-corrected chi connectivity index (χ0v) is 16.5. The van der Waals surface area contributed by atoms with Crippen LogP contribution in [0.5, 0.6) is 0 Å². The molecular weight excluding hydrogens is 424 g/mol. The number of H-pyrrole nitrogens is 2. The second kappa shape index (κ2) is 6.86. The van der Waals surface area contributed by atoms with Gasteiger partial charge in [0.05, 0.1) is 27.8 Å². The highest BCUT2D eigenvalue weighted by molar-refractivity contribution is 9.10. The molecule has 1 aliphatic rings. The zero-order chi connectivity index (χ0) is 19.1. The van der Waals surface area contributed by atoms with E-state index in [1.807, 2.05) is 11.0 Å². The summed E-state index contributed by atoms with van der Waals surface area (Å²) in [6, 6.07) is 1.88. The van der Waals surface area contributed by atoms with Crippen LogP contribution in [0, 0.1) is 0 Å². The molecule has 4 aromatic heterocycles. The van der Waals surface area contributed by atoms with Crippen molar-refractivity contribution >= 4 is 55.4 Å². The molecule has 9 nitrogen and oxygen atoms in total. The summed E-state index contributed by atoms with van der Waals surface area (Å²) in [6.07, 6.45) is 8.15. The van der Waals surface area contributed by atoms with E-state index in [1.165, 1.54) is 12.7 Å². The molecule has 3 N–H and O–H groups in total. The molecule has 0 spiro atoms. The Morgan fingerprint density at radius 3 is 2.86 bits per heavy atom. The largest absolute Gasteiger partial charge is 0.337 e. The van der Waals surface area contributed by atoms with Crippen molar-refractivity contribution in [2.24, 2.45) is 0 Å². The third kappa shape index (κ3) is 2.89. The van der Waals surface area contributed by atoms with Crippen LogP contribution in [0.3, 0.4) is 0 Å². The fourth-order valence-corrected chi connectivity index (χ4v) is 4.16. The minimum Gasteiger partial charge on any atom is -0.337 e. The Labute approximate surface area is 168 Å². The lowest BCUT2D eigenvalue weighted by atomic mass is 10.1. The molecule has 0 unspecified atom stereocenters. The van der Waals surface area contributed by atoms with E-state index in [0.29, 0.717) is 27.4 Å². The number of nitrogens with zero attached hydrogens (tertiary/aromatic N) is 5. The summed E-state index contributed by atoms with van der Waals surface area (Å²) >= 11 is 3.58. The van der Waals surface area contributed by atoms with E-state index in [4.69, 9.17) is 0 Å². The van der Waals surface area contributed by atoms with E-state index < -0.39 is 0 Å². The molecule has 0 radical (unpaired) electrons. The van der Waals surface area contributed by atoms with Gasteiger partial charge in [0.2, 0.25) is 0 Å². The molecule has 1 saturated heterocycles. The van der Waals surface area contributed by atoms with Crippen LogP contribution in [0.25, 0.3) is 21.9 Å². The molecular formula is C18H17BrN8O. The van der Waals surface area contributed by atoms with Crippen molar-refractivity contribution in [2.45, 2.75) is 19.3 Å². The molecule has 1 amide bonds. The van der Waals surface area contributed by atoms with Crippen LogP contribution in [-0.4, -0.2) is 54.0 Å². The second-order valence-corrected chi connectivity index (χ2v) is 7.56. The van der Waals surface area contributed by atoms with Crippen LogP contribution in [-0.2, 0) is 0 Å². The van der Waals surface area contributed by atoms with Crippen LogP contribution in [0.15, 0.2) is 29.3 Å². The summed E-state index contributed by atoms with van der Waals surface area (Å²) in [6.45, 7) is 1.57. The standard InChI is InChI=1S/C18H17BrN8O/c19-14-13-16(24-12-6-10-7-23-26-11(10)8-20-12)21-9-22-17(13)25-15(14)18(28)27-4-2-1-3-5-27/h6-9H,1-5H2,(H,23,26)(H2,20,21,22,24,25). The van der Waals surface area contributed by atoms with Gasteiger partial charge in [-0.3, -0.25) is 9.89 Å². The molecule has 0 atom stereocenters. The van der Waals surface area contributed by atoms with Crippen molar-refractivity contribution in [3.8, 4) is 0 Å². The van der Waals surface area contributed by atoms with Crippen molar-refractivity contribution in [3.05, 3.63) is 35.0 Å². The predicted molar refractivity (Wildman–Crippen MR) is 109 cm³/mol. The molecule has 5 heterocycles. The molecule has 4 aromatic rings. The van der Waals surface area contributed by atoms with Gasteiger partial charge in [-0.05, 0) is 41.3 Å². The number of amides is 1. The second-order valence-electron chi connectivity index (χ2n) is 6.76. The maximum atomic E-state index is 12.9. The number of hydrogen-bond donors (Lipinski definition) is 3. The summed E-state index contributed by atoms with van der Waals surface area (Å²) in [5, 5.41) is 11.8. The third-order valence-electron chi connectivity index (χ3n) is 4.96. The fourth-order valence-electron chi connectivity index (χ4n) is 3.52. The van der Waals surface area contributed by atoms with Gasteiger partial charge in [-0.15, -0.1) is 0 Å². The molecule has 28 heavy (non-hydrogen) atoms. The molecule has 0 aliphatic carbocycles. The maximum absolute atomic E-state index is 12.9. The van der Waals surface area contributed by atoms with Crippen molar-refractivity contribution in [2.75, 3.05) is 18.4 Å². The average molecular weight is 441 g/mol. The number of nitrogens with one attached hydrogen (secondary N) is 3. The lowest BCUT2D eigenvalue weighted by Gasteiger charge is -2.26. The molecule has 1 fully saturated rings. The highest BCUT2D eigenvalue weighted by atomic mass is 79.9. The number of carbonyl (C=O) groups is 1. The number of rotatable bonds is 3. The van der Waals surface area contributed by atoms with Gasteiger partial charge >= 0.3 is 0 Å². The van der Waals surface area contributed by atoms with E-state index in [0.717, 1.165) is 42.2 Å². The quantitative estimate of drug-likeness (QED) is 0.449. The number of likely N-dealkylation sites (tertiary alicyclic amines) is 1. The predicted octanol–water partition coefficient (Wildman–Crippen LogP) is 3.36. The van der Waals surface area contributed by atoms with Crippen molar-refractivity contribution in [1.82, 2.24) is 35.0 Å². The number of pyridine rings is 1. The van der Waals surface area contributed by atoms with Crippen LogP contribution < -0.4 is 5.32 Å². The lowest BCUT2D eigenvalue weighted by Crippen LogP contribution is -2.35. The molecule has 0 aromatic carbocycles. The van der Waals surface area contributed by atoms with Crippen LogP contribution in [0.1, 0.15) is 29.8 Å². The summed E-state index contributed by atoms with van der Waals surface area (Å²) in [7, 11) is 0. The van der Waals surface area contributed by atoms with E-state index in [1.54, 1.807) is 12.4 Å². The smallest absolute Gasteiger partial charge is 0.271 e. The highest BCUT2D eigenvalue weighted by Crippen LogP contribution is 2.33. The fraction of sp³-hybridized carbons (Fsp3) is 0.278. The number of fused-ring (bicyclic) bond motifs is 2. The lowest BCUT2D eigenvalue weighted by molar-refractivity contribution is 0.0718. The van der Waals surface area contributed by atoms with Gasteiger partial charge in [-0.25, -0.2) is 15.0 Å². The zero-order valence-electron chi connectivity index (χ0n) is 14.9. The van der Waals surface area contributed by atoms with Gasteiger partial charge in [0.25, 0.3) is 5.91 Å². The van der Waals surface area contributed by atoms with Crippen molar-refractivity contribution < 1.29 is 4.79 Å². The monoisotopic (exact) mass is 440 g/mol. The Hall–Kier alpha value is -3.01. The van der Waals surface area contributed by atoms with E-state index in [-0.39, 0.29) is 5.91 Å². The Bertz CT molecular complexity index is 1180. The maximum Gasteiger partial charge on any atom is 0.271 e. The first kappa shape index (κ1) is 17.1. The minimum atomic E-state index is -0.0199. The molecule has 10 heteroatoms. The number of anilines is 2. The van der Waals surface area contributed by atoms with Crippen LogP contribution >= 0.6 is 15.9 Å². The average Bonchev–Trinajstić information content (AvgIpc) is 3.33. The first-order valence-electron chi connectivity index (χ1n) is 9.08. The van der Waals surface area contributed by atoms with E-state index >= 15 is 0 Å². The molecule has 5 rings (SSSR count). The van der Waals surface area contributed by atoms with Crippen molar-refractivity contribution in [3.63, 3.8) is 0 Å². The topological polar surface area (TPSA) is 115 Å². The summed E-state index contributed by atoms with van der Waals surface area (Å²) in [5.74, 6) is 1.18. The number of aromatic nitrogens is 6. The first-order chi connectivity index (χ1) is 13.7. The van der Waals surface area contributed by atoms with Gasteiger partial charge in [-0.1, -0.05) is 0 Å². The number of carbonyl (C=O) groups excluding carboxylic acids is 1. The number of piperidine rings is 1. The van der Waals surface area contributed by atoms with Gasteiger partial charge in [0.15, 0.2) is 0 Å². The molecule has 142 valence electrons. The highest BCUT2D eigenvalue weighted by Gasteiger charge is 2.25. The van der Waals surface area contributed by atoms with Crippen molar-refractivity contribution in [1.29, 1.82) is 0 Å². The Morgan fingerprint density at radius 2 is 2.00 bits per heavy atom. The minimum absolute atomic E-state index is 0.0199. The first-order valence-corrected chi connectivity index (χ1v) is 9.87. The Morgan fingerprint density at radius 1 is 1.14 bits per heavy atom. The van der Waals surface area contributed by atoms with Gasteiger partial charge in [0.1, 0.15) is 29.3 Å². The summed E-state index contributed by atoms with van der Waals surface area (Å²) < 4.78 is 0.658. The number of hydrogen-bond acceptors (Lipinski definition) is 6. The van der Waals surface area contributed by atoms with Gasteiger partial charge in [-0.2, -0.15) is 5.10 Å². The normalized spacial score (nSPS) is 14.7. The number of aromatic amines is 2. The van der Waals surface area contributed by atoms with E-state index in [9.17, 15) is 4.79 Å². The van der Waals surface area contributed by atoms with E-state index in [2.05, 4.69) is 51.4 Å². The van der Waals surface area contributed by atoms with Gasteiger partial charge in [0, 0.05) is 18.5 Å². The summed E-state index contributed by atoms with van der Waals surface area (Å²) in [5.41, 5.74) is 1.95. The van der Waals surface area contributed by atoms with Gasteiger partial charge < -0.3 is 15.2 Å². The Kier molecular flexibility index (Phi) is 4.19. The Balaban J connectivity index is 1.52.